The van der Waals surface area contributed by atoms with E-state index >= 15 is 0 Å². The van der Waals surface area contributed by atoms with Crippen LogP contribution in [0, 0.1) is 89.9 Å². The summed E-state index contributed by atoms with van der Waals surface area (Å²) in [7, 11) is 10.2. The molecule has 13 rings (SSSR count). The third kappa shape index (κ3) is 16.6. The molecule has 482 valence electrons. The molecule has 5 heteroatoms. The highest BCUT2D eigenvalue weighted by atomic mass is 15.0. The molecule has 3 fully saturated rings. The van der Waals surface area contributed by atoms with Crippen molar-refractivity contribution in [2.45, 2.75) is 185 Å². The van der Waals surface area contributed by atoms with E-state index in [-0.39, 0.29) is 5.89 Å². The molecule has 3 aliphatic rings. The monoisotopic (exact) mass is 1240 g/mol. The maximum atomic E-state index is 8.87. The van der Waals surface area contributed by atoms with Crippen molar-refractivity contribution in [3.63, 3.8) is 0 Å². The molecule has 3 aliphatic carbocycles. The molecule has 0 radical (unpaired) electrons. The Morgan fingerprint density at radius 1 is 0.323 bits per heavy atom. The molecular formula is C88H110N5+5. The molecule has 0 bridgehead atoms. The standard InChI is InChI=1S/3C19H24N.C16H20N.C15H18N/c1-14-8-4-7-11-17(14)19-12-18(15(2)13-20(19)3)16-9-5-6-10-16;2*1-14-8-4-7-11-17(14)19-12-15(2)18(13-20(19)3)16-9-5-6-10-16;1-11-8-6-7-9-15(11)16-10-12(2)13(3)14(4)17(16)5;1-11-9-13(3)16(4)15(10-11)14-8-6-5-7-12(14)2/h3*4,7-8,11-13,16H,5-6,9-10H2,1-3H3;6-10H,1-5H3;5-10H,1-4H3/q5*+1/i2D3,16D;16D;;3D3;. The van der Waals surface area contributed by atoms with Gasteiger partial charge in [-0.2, -0.15) is 9.13 Å². The van der Waals surface area contributed by atoms with Gasteiger partial charge in [0.2, 0.25) is 28.5 Å². The normalized spacial score (nSPS) is 16.1. The van der Waals surface area contributed by atoms with Gasteiger partial charge in [-0.05, 0) is 218 Å². The van der Waals surface area contributed by atoms with E-state index in [9.17, 15) is 0 Å². The summed E-state index contributed by atoms with van der Waals surface area (Å²) in [6.07, 6.45) is 19.6. The Morgan fingerprint density at radius 2 is 0.677 bits per heavy atom. The average molecular weight is 1250 g/mol. The largest absolute Gasteiger partial charge is 0.212 e. The third-order valence-electron chi connectivity index (χ3n) is 20.0. The zero-order valence-electron chi connectivity index (χ0n) is 67.0. The fourth-order valence-electron chi connectivity index (χ4n) is 14.2. The Balaban J connectivity index is 0.000000148. The molecule has 5 aromatic carbocycles. The van der Waals surface area contributed by atoms with Gasteiger partial charge in [0.25, 0.3) is 0 Å². The van der Waals surface area contributed by atoms with E-state index in [1.807, 2.05) is 73.5 Å². The summed E-state index contributed by atoms with van der Waals surface area (Å²) in [5.41, 5.74) is 29.4. The summed E-state index contributed by atoms with van der Waals surface area (Å²) in [5.74, 6) is -0.367. The molecule has 0 saturated heterocycles. The van der Waals surface area contributed by atoms with Gasteiger partial charge >= 0.3 is 0 Å². The lowest BCUT2D eigenvalue weighted by Gasteiger charge is -2.14. The lowest BCUT2D eigenvalue weighted by atomic mass is 9.92. The van der Waals surface area contributed by atoms with Gasteiger partial charge < -0.3 is 0 Å². The van der Waals surface area contributed by atoms with E-state index < -0.39 is 19.6 Å². The molecule has 0 unspecified atom stereocenters. The number of nitrogens with zero attached hydrogens (tertiary/aromatic N) is 5. The predicted molar refractivity (Wildman–Crippen MR) is 390 cm³/mol. The van der Waals surface area contributed by atoms with Crippen LogP contribution in [0.25, 0.3) is 56.3 Å². The van der Waals surface area contributed by atoms with E-state index in [0.717, 1.165) is 83.8 Å². The number of hydrogen-bond donors (Lipinski definition) is 0. The number of pyridine rings is 5. The van der Waals surface area contributed by atoms with E-state index in [1.54, 1.807) is 11.8 Å². The quantitative estimate of drug-likeness (QED) is 0.135. The van der Waals surface area contributed by atoms with Gasteiger partial charge in [0.05, 0.1) is 0 Å². The van der Waals surface area contributed by atoms with E-state index in [2.05, 4.69) is 231 Å². The fraction of sp³-hybridized carbons (Fsp3) is 0.375. The van der Waals surface area contributed by atoms with Crippen LogP contribution in [-0.2, 0) is 35.2 Å². The number of aromatic nitrogens is 5. The van der Waals surface area contributed by atoms with Gasteiger partial charge in [-0.15, -0.1) is 0 Å². The number of hydrogen-bond acceptors (Lipinski definition) is 0. The van der Waals surface area contributed by atoms with Crippen molar-refractivity contribution in [2.24, 2.45) is 35.2 Å². The SMILES string of the molecule is Cc1cc(C)[n+](C)c(-c2ccccc2C)c1.Cc1ccccc1-c1cc(C)c(C2CCCC2)c[n+]1C.[2H]C([2H])([2H])c1c(C)cc(-c2ccccc2C)[n+](C)c1C.[2H]C([2H])([2H])c1c[n+](C)c(-c2ccccc2C)cc1C1([2H])CCCC1.[2H]C1(c2c[n+](C)c(-c3ccccc3C)cc2C)CCCC1. The first-order chi connectivity index (χ1) is 47.7. The lowest BCUT2D eigenvalue weighted by molar-refractivity contribution is -0.667. The topological polar surface area (TPSA) is 19.4 Å². The van der Waals surface area contributed by atoms with Crippen molar-refractivity contribution >= 4 is 0 Å². The van der Waals surface area contributed by atoms with Crippen LogP contribution in [0.5, 0.6) is 0 Å². The Kier molecular flexibility index (Phi) is 20.0. The van der Waals surface area contributed by atoms with Crippen LogP contribution in [0.15, 0.2) is 176 Å². The molecule has 5 nitrogen and oxygen atoms in total. The first-order valence-electron chi connectivity index (χ1n) is 38.1. The molecule has 0 spiro atoms. The second-order valence-electron chi connectivity index (χ2n) is 26.9. The molecule has 3 saturated carbocycles. The van der Waals surface area contributed by atoms with Crippen molar-refractivity contribution in [1.82, 2.24) is 0 Å². The van der Waals surface area contributed by atoms with Crippen molar-refractivity contribution < 1.29 is 33.8 Å². The van der Waals surface area contributed by atoms with E-state index in [4.69, 9.17) is 11.0 Å². The zero-order valence-corrected chi connectivity index (χ0v) is 59.0. The molecule has 0 aliphatic heterocycles. The molecule has 10 aromatic rings. The maximum Gasteiger partial charge on any atom is 0.212 e. The van der Waals surface area contributed by atoms with Crippen molar-refractivity contribution in [2.75, 3.05) is 0 Å². The molecule has 5 aromatic heterocycles. The molecule has 0 N–H and O–H groups in total. The van der Waals surface area contributed by atoms with Crippen LogP contribution in [-0.4, -0.2) is 0 Å². The highest BCUT2D eigenvalue weighted by Gasteiger charge is 2.27. The van der Waals surface area contributed by atoms with Crippen LogP contribution < -0.4 is 22.8 Å². The molecule has 0 atom stereocenters. The van der Waals surface area contributed by atoms with Crippen molar-refractivity contribution in [3.8, 4) is 56.3 Å². The summed E-state index contributed by atoms with van der Waals surface area (Å²) in [4.78, 5) is 0. The first-order valence-corrected chi connectivity index (χ1v) is 34.1. The van der Waals surface area contributed by atoms with Gasteiger partial charge in [0.15, 0.2) is 30.0 Å². The van der Waals surface area contributed by atoms with Crippen LogP contribution >= 0.6 is 0 Å². The second-order valence-corrected chi connectivity index (χ2v) is 26.9. The number of aryl methyl sites for hydroxylation is 14. The summed E-state index contributed by atoms with van der Waals surface area (Å²) in [6, 6.07) is 54.9. The maximum absolute atomic E-state index is 8.87. The Hall–Kier alpha value is -8.15. The summed E-state index contributed by atoms with van der Waals surface area (Å²) in [5, 5.41) is 0. The Bertz CT molecular complexity index is 4580. The van der Waals surface area contributed by atoms with E-state index in [1.165, 1.54) is 122 Å². The molecule has 0 amide bonds. The van der Waals surface area contributed by atoms with Gasteiger partial charge in [0.1, 0.15) is 35.2 Å². The third-order valence-corrected chi connectivity index (χ3v) is 20.0. The molecular weight excluding hydrogens is 1130 g/mol. The number of benzene rings is 5. The lowest BCUT2D eigenvalue weighted by Crippen LogP contribution is -2.36. The first kappa shape index (κ1) is 58.7. The van der Waals surface area contributed by atoms with Crippen molar-refractivity contribution in [1.29, 1.82) is 0 Å². The minimum absolute atomic E-state index is 0.319. The van der Waals surface area contributed by atoms with Crippen LogP contribution in [0.2, 0.25) is 0 Å². The minimum Gasteiger partial charge on any atom is -0.201 e. The van der Waals surface area contributed by atoms with E-state index in [0.29, 0.717) is 16.7 Å². The Morgan fingerprint density at radius 3 is 1.11 bits per heavy atom. The highest BCUT2D eigenvalue weighted by Crippen LogP contribution is 2.39. The molecule has 5 heterocycles. The van der Waals surface area contributed by atoms with Crippen LogP contribution in [0.3, 0.4) is 0 Å². The van der Waals surface area contributed by atoms with Crippen LogP contribution in [0.4, 0.5) is 0 Å². The van der Waals surface area contributed by atoms with Crippen molar-refractivity contribution in [3.05, 3.63) is 266 Å². The molecule has 93 heavy (non-hydrogen) atoms. The van der Waals surface area contributed by atoms with Gasteiger partial charge in [-0.25, -0.2) is 13.7 Å². The predicted octanol–water partition coefficient (Wildman–Crippen LogP) is 19.9. The zero-order chi connectivity index (χ0) is 73.5. The Labute approximate surface area is 572 Å². The second kappa shape index (κ2) is 31.7. The summed E-state index contributed by atoms with van der Waals surface area (Å²) >= 11 is 0. The minimum atomic E-state index is -2.20. The summed E-state index contributed by atoms with van der Waals surface area (Å²) in [6.45, 7) is 18.8. The highest BCUT2D eigenvalue weighted by molar-refractivity contribution is 5.65. The van der Waals surface area contributed by atoms with Crippen LogP contribution in [0.1, 0.15) is 195 Å². The van der Waals surface area contributed by atoms with Gasteiger partial charge in [-0.3, -0.25) is 0 Å². The van der Waals surface area contributed by atoms with Gasteiger partial charge in [-0.1, -0.05) is 130 Å². The summed E-state index contributed by atoms with van der Waals surface area (Å²) < 4.78 is 75.0. The smallest absolute Gasteiger partial charge is 0.201 e. The van der Waals surface area contributed by atoms with Gasteiger partial charge in [0, 0.05) is 111 Å². The average Bonchev–Trinajstić information content (AvgIpc) is 1.73. The fourth-order valence-corrected chi connectivity index (χ4v) is 14.2. The number of rotatable bonds is 8.